The van der Waals surface area contributed by atoms with Gasteiger partial charge in [0.25, 0.3) is 0 Å². The third-order valence-corrected chi connectivity index (χ3v) is 7.33. The number of sulfonamides is 1. The average Bonchev–Trinajstić information content (AvgIpc) is 3.01. The van der Waals surface area contributed by atoms with E-state index < -0.39 is 22.2 Å². The van der Waals surface area contributed by atoms with Crippen LogP contribution in [-0.2, 0) is 34.5 Å². The van der Waals surface area contributed by atoms with Crippen LogP contribution in [0.15, 0.2) is 35.2 Å². The van der Waals surface area contributed by atoms with Gasteiger partial charge in [-0.25, -0.2) is 17.9 Å². The molecule has 9 nitrogen and oxygen atoms in total. The summed E-state index contributed by atoms with van der Waals surface area (Å²) >= 11 is 0. The van der Waals surface area contributed by atoms with Gasteiger partial charge in [-0.1, -0.05) is 29.8 Å². The van der Waals surface area contributed by atoms with Gasteiger partial charge in [-0.2, -0.15) is 17.5 Å². The van der Waals surface area contributed by atoms with Crippen LogP contribution in [0.4, 0.5) is 13.2 Å². The molecule has 4 rings (SSSR count). The number of aryl methyl sites for hydroxylation is 1. The van der Waals surface area contributed by atoms with Gasteiger partial charge in [0.2, 0.25) is 10.0 Å². The summed E-state index contributed by atoms with van der Waals surface area (Å²) in [7, 11) is -3.50. The van der Waals surface area contributed by atoms with Gasteiger partial charge in [-0.05, 0) is 44.5 Å². The third kappa shape index (κ3) is 6.51. The van der Waals surface area contributed by atoms with Crippen LogP contribution in [0.1, 0.15) is 37.1 Å². The van der Waals surface area contributed by atoms with E-state index in [0.29, 0.717) is 24.5 Å². The van der Waals surface area contributed by atoms with E-state index in [1.54, 1.807) is 28.6 Å². The maximum Gasteiger partial charge on any atom is 0.490 e. The molecule has 182 valence electrons. The summed E-state index contributed by atoms with van der Waals surface area (Å²) in [6.07, 6.45) is -0.610. The van der Waals surface area contributed by atoms with Crippen molar-refractivity contribution in [2.24, 2.45) is 0 Å². The monoisotopic (exact) mass is 489 g/mol. The highest BCUT2D eigenvalue weighted by Gasteiger charge is 2.38. The summed E-state index contributed by atoms with van der Waals surface area (Å²) in [6, 6.07) is 8.67. The van der Waals surface area contributed by atoms with E-state index in [-0.39, 0.29) is 0 Å². The predicted octanol–water partition coefficient (Wildman–Crippen LogP) is 2.49. The zero-order chi connectivity index (χ0) is 24.1. The van der Waals surface area contributed by atoms with E-state index in [9.17, 15) is 21.6 Å². The number of carboxylic acids is 1. The number of rotatable bonds is 4. The Balaban J connectivity index is 0.000000383. The molecule has 0 saturated carbocycles. The summed E-state index contributed by atoms with van der Waals surface area (Å²) in [5, 5.41) is 15.8. The van der Waals surface area contributed by atoms with Crippen LogP contribution in [0.25, 0.3) is 0 Å². The maximum atomic E-state index is 13.0. The lowest BCUT2D eigenvalue weighted by molar-refractivity contribution is -0.192. The molecule has 1 N–H and O–H groups in total. The standard InChI is InChI=1S/C18H25N5O2S.C2HF3O2/c24-26(25,16-8-3-1-4-9-16)22-12-7-13-23-18(15-22)17(19-20-23)14-21-10-5-2-6-11-21;3-2(4,5)1(6)7/h1,3-4,8-9H,2,5-7,10-15H2;(H,6,7). The molecule has 0 unspecified atom stereocenters. The van der Waals surface area contributed by atoms with Crippen molar-refractivity contribution in [3.8, 4) is 0 Å². The molecule has 3 heterocycles. The number of aliphatic carboxylic acids is 1. The normalized spacial score (nSPS) is 18.0. The van der Waals surface area contributed by atoms with Crippen LogP contribution in [0.5, 0.6) is 0 Å². The number of nitrogens with zero attached hydrogens (tertiary/aromatic N) is 5. The topological polar surface area (TPSA) is 109 Å². The minimum absolute atomic E-state index is 0.341. The van der Waals surface area contributed by atoms with Crippen LogP contribution in [0.3, 0.4) is 0 Å². The largest absolute Gasteiger partial charge is 0.490 e. The van der Waals surface area contributed by atoms with E-state index in [4.69, 9.17) is 9.90 Å². The molecular formula is C20H26F3N5O4S. The minimum Gasteiger partial charge on any atom is -0.475 e. The SMILES string of the molecule is O=C(O)C(F)(F)F.O=S(=O)(c1ccccc1)N1CCCn2nnc(CN3CCCCC3)c2C1. The highest BCUT2D eigenvalue weighted by atomic mass is 32.2. The molecule has 0 spiro atoms. The van der Waals surface area contributed by atoms with Gasteiger partial charge in [-0.3, -0.25) is 4.90 Å². The molecule has 0 radical (unpaired) electrons. The van der Waals surface area contributed by atoms with Gasteiger partial charge in [0.1, 0.15) is 5.69 Å². The second kappa shape index (κ2) is 10.6. The fourth-order valence-corrected chi connectivity index (χ4v) is 5.22. The molecule has 1 saturated heterocycles. The van der Waals surface area contributed by atoms with Gasteiger partial charge < -0.3 is 5.11 Å². The number of hydrogen-bond acceptors (Lipinski definition) is 6. The van der Waals surface area contributed by atoms with E-state index in [1.165, 1.54) is 19.3 Å². The third-order valence-electron chi connectivity index (χ3n) is 5.47. The Kier molecular flexibility index (Phi) is 8.08. The van der Waals surface area contributed by atoms with E-state index in [2.05, 4.69) is 15.2 Å². The molecule has 33 heavy (non-hydrogen) atoms. The van der Waals surface area contributed by atoms with Crippen molar-refractivity contribution in [2.45, 2.75) is 56.4 Å². The summed E-state index contributed by atoms with van der Waals surface area (Å²) < 4.78 is 61.3. The number of likely N-dealkylation sites (tertiary alicyclic amines) is 1. The van der Waals surface area contributed by atoms with Crippen molar-refractivity contribution in [1.29, 1.82) is 0 Å². The number of alkyl halides is 3. The van der Waals surface area contributed by atoms with Crippen LogP contribution in [-0.4, -0.2) is 69.5 Å². The molecule has 13 heteroatoms. The number of carboxylic acid groups (broad SMARTS) is 1. The zero-order valence-corrected chi connectivity index (χ0v) is 18.7. The lowest BCUT2D eigenvalue weighted by atomic mass is 10.1. The Morgan fingerprint density at radius 3 is 2.24 bits per heavy atom. The highest BCUT2D eigenvalue weighted by Crippen LogP contribution is 2.23. The summed E-state index contributed by atoms with van der Waals surface area (Å²) in [6.45, 7) is 4.48. The number of carbonyl (C=O) groups is 1. The fraction of sp³-hybridized carbons (Fsp3) is 0.550. The number of halogens is 3. The molecule has 2 aliphatic rings. The van der Waals surface area contributed by atoms with Crippen molar-refractivity contribution < 1.29 is 31.5 Å². The smallest absolute Gasteiger partial charge is 0.475 e. The first-order valence-electron chi connectivity index (χ1n) is 10.6. The second-order valence-electron chi connectivity index (χ2n) is 7.85. The lowest BCUT2D eigenvalue weighted by Gasteiger charge is -2.26. The van der Waals surface area contributed by atoms with E-state index in [1.807, 2.05) is 10.7 Å². The van der Waals surface area contributed by atoms with Crippen molar-refractivity contribution in [3.63, 3.8) is 0 Å². The van der Waals surface area contributed by atoms with Crippen molar-refractivity contribution in [2.75, 3.05) is 19.6 Å². The Morgan fingerprint density at radius 2 is 1.64 bits per heavy atom. The molecule has 2 aromatic rings. The molecule has 0 atom stereocenters. The van der Waals surface area contributed by atoms with Gasteiger partial charge in [0.05, 0.1) is 17.1 Å². The van der Waals surface area contributed by atoms with Crippen LogP contribution < -0.4 is 0 Å². The first kappa shape index (κ1) is 25.1. The van der Waals surface area contributed by atoms with Gasteiger partial charge >= 0.3 is 12.1 Å². The summed E-state index contributed by atoms with van der Waals surface area (Å²) in [5.74, 6) is -2.76. The molecule has 1 fully saturated rings. The molecule has 0 aliphatic carbocycles. The Labute approximate surface area is 189 Å². The molecule has 1 aromatic carbocycles. The van der Waals surface area contributed by atoms with Crippen LogP contribution >= 0.6 is 0 Å². The summed E-state index contributed by atoms with van der Waals surface area (Å²) in [4.78, 5) is 11.6. The van der Waals surface area contributed by atoms with E-state index in [0.717, 1.165) is 37.4 Å². The Bertz CT molecular complexity index is 1040. The van der Waals surface area contributed by atoms with Crippen molar-refractivity contribution in [1.82, 2.24) is 24.2 Å². The van der Waals surface area contributed by atoms with Gasteiger partial charge in [-0.15, -0.1) is 5.10 Å². The fourth-order valence-electron chi connectivity index (χ4n) is 3.76. The van der Waals surface area contributed by atoms with Crippen LogP contribution in [0, 0.1) is 0 Å². The van der Waals surface area contributed by atoms with Gasteiger partial charge in [0.15, 0.2) is 0 Å². The Hall–Kier alpha value is -2.51. The van der Waals surface area contributed by atoms with Crippen LogP contribution in [0.2, 0.25) is 0 Å². The van der Waals surface area contributed by atoms with Gasteiger partial charge in [0, 0.05) is 19.6 Å². The quantitative estimate of drug-likeness (QED) is 0.703. The molecule has 0 bridgehead atoms. The Morgan fingerprint density at radius 1 is 1.00 bits per heavy atom. The number of fused-ring (bicyclic) bond motifs is 1. The lowest BCUT2D eigenvalue weighted by Crippen LogP contribution is -2.32. The minimum atomic E-state index is -5.08. The number of piperidine rings is 1. The molecule has 2 aliphatic heterocycles. The van der Waals surface area contributed by atoms with E-state index >= 15 is 0 Å². The first-order valence-corrected chi connectivity index (χ1v) is 12.0. The number of hydrogen-bond donors (Lipinski definition) is 1. The number of aromatic nitrogens is 3. The highest BCUT2D eigenvalue weighted by molar-refractivity contribution is 7.89. The first-order chi connectivity index (χ1) is 15.6. The maximum absolute atomic E-state index is 13.0. The predicted molar refractivity (Wildman–Crippen MR) is 111 cm³/mol. The van der Waals surface area contributed by atoms with Crippen molar-refractivity contribution >= 4 is 16.0 Å². The number of benzene rings is 1. The average molecular weight is 490 g/mol. The molecule has 1 aromatic heterocycles. The summed E-state index contributed by atoms with van der Waals surface area (Å²) in [5.41, 5.74) is 1.86. The molecule has 0 amide bonds. The second-order valence-corrected chi connectivity index (χ2v) is 9.79. The van der Waals surface area contributed by atoms with Crippen molar-refractivity contribution in [3.05, 3.63) is 41.7 Å². The molecular weight excluding hydrogens is 463 g/mol. The zero-order valence-electron chi connectivity index (χ0n) is 17.9.